The third kappa shape index (κ3) is 3.08. The van der Waals surface area contributed by atoms with Gasteiger partial charge in [0, 0.05) is 6.42 Å². The first kappa shape index (κ1) is 12.7. The summed E-state index contributed by atoms with van der Waals surface area (Å²) in [6.07, 6.45) is 0.633. The number of nitrogens with zero attached hydrogens (tertiary/aromatic N) is 1. The zero-order valence-corrected chi connectivity index (χ0v) is 10.6. The zero-order chi connectivity index (χ0) is 12.5. The maximum absolute atomic E-state index is 11.7. The summed E-state index contributed by atoms with van der Waals surface area (Å²) in [6.45, 7) is 9.88. The molecule has 16 heavy (non-hydrogen) atoms. The highest BCUT2D eigenvalue weighted by atomic mass is 16.3. The smallest absolute Gasteiger partial charge is 0.258 e. The minimum Gasteiger partial charge on any atom is -0.493 e. The highest BCUT2D eigenvalue weighted by Crippen LogP contribution is 2.22. The number of rotatable bonds is 2. The van der Waals surface area contributed by atoms with E-state index in [0.717, 1.165) is 0 Å². The average molecular weight is 224 g/mol. The Kier molecular flexibility index (Phi) is 3.41. The van der Waals surface area contributed by atoms with Gasteiger partial charge in [-0.2, -0.15) is 0 Å². The van der Waals surface area contributed by atoms with Crippen LogP contribution in [0.15, 0.2) is 4.79 Å². The van der Waals surface area contributed by atoms with E-state index in [1.165, 1.54) is 0 Å². The van der Waals surface area contributed by atoms with Gasteiger partial charge >= 0.3 is 0 Å². The molecule has 0 amide bonds. The normalized spacial score (nSPS) is 12.1. The fraction of sp³-hybridized carbons (Fsp3) is 0.667. The number of aromatic hydroxyl groups is 1. The summed E-state index contributed by atoms with van der Waals surface area (Å²) in [4.78, 5) is 18.5. The van der Waals surface area contributed by atoms with Gasteiger partial charge in [-0.3, -0.25) is 4.79 Å². The molecule has 0 radical (unpaired) electrons. The molecule has 1 aromatic heterocycles. The van der Waals surface area contributed by atoms with Gasteiger partial charge in [0.25, 0.3) is 5.56 Å². The quantitative estimate of drug-likeness (QED) is 0.809. The van der Waals surface area contributed by atoms with Crippen molar-refractivity contribution in [1.82, 2.24) is 9.97 Å². The summed E-state index contributed by atoms with van der Waals surface area (Å²) in [5.74, 6) is 0.373. The first-order valence-electron chi connectivity index (χ1n) is 5.53. The van der Waals surface area contributed by atoms with Crippen molar-refractivity contribution in [3.05, 3.63) is 21.7 Å². The molecule has 4 heteroatoms. The summed E-state index contributed by atoms with van der Waals surface area (Å²) < 4.78 is 0. The lowest BCUT2D eigenvalue weighted by Gasteiger charge is -2.17. The Morgan fingerprint density at radius 1 is 1.38 bits per heavy atom. The minimum atomic E-state index is -0.234. The van der Waals surface area contributed by atoms with Crippen molar-refractivity contribution in [3.8, 4) is 5.88 Å². The van der Waals surface area contributed by atoms with Crippen LogP contribution >= 0.6 is 0 Å². The van der Waals surface area contributed by atoms with Crippen molar-refractivity contribution in [2.45, 2.75) is 47.0 Å². The molecule has 0 bridgehead atoms. The van der Waals surface area contributed by atoms with Crippen LogP contribution in [0.25, 0.3) is 0 Å². The lowest BCUT2D eigenvalue weighted by Crippen LogP contribution is -2.21. The van der Waals surface area contributed by atoms with E-state index in [9.17, 15) is 9.90 Å². The van der Waals surface area contributed by atoms with Crippen LogP contribution in [0.3, 0.4) is 0 Å². The number of H-pyrrole nitrogens is 1. The molecule has 0 saturated carbocycles. The van der Waals surface area contributed by atoms with Gasteiger partial charge in [-0.05, 0) is 11.3 Å². The fourth-order valence-corrected chi connectivity index (χ4v) is 1.62. The molecular formula is C12H20N2O2. The molecule has 0 fully saturated rings. The highest BCUT2D eigenvalue weighted by Gasteiger charge is 2.17. The van der Waals surface area contributed by atoms with Gasteiger partial charge in [0.15, 0.2) is 0 Å². The Hall–Kier alpha value is -1.32. The number of hydrogen-bond donors (Lipinski definition) is 2. The second-order valence-electron chi connectivity index (χ2n) is 5.64. The third-order valence-corrected chi connectivity index (χ3v) is 2.26. The van der Waals surface area contributed by atoms with Crippen LogP contribution in [0.5, 0.6) is 5.88 Å². The molecule has 1 rings (SSSR count). The molecule has 0 aliphatic carbocycles. The van der Waals surface area contributed by atoms with E-state index in [2.05, 4.69) is 30.7 Å². The van der Waals surface area contributed by atoms with Crippen molar-refractivity contribution >= 4 is 0 Å². The van der Waals surface area contributed by atoms with Gasteiger partial charge in [-0.25, -0.2) is 4.98 Å². The first-order valence-corrected chi connectivity index (χ1v) is 5.53. The van der Waals surface area contributed by atoms with E-state index in [1.807, 2.05) is 13.8 Å². The lowest BCUT2D eigenvalue weighted by atomic mass is 9.92. The summed E-state index contributed by atoms with van der Waals surface area (Å²) in [5, 5.41) is 9.71. The lowest BCUT2D eigenvalue weighted by molar-refractivity contribution is 0.388. The van der Waals surface area contributed by atoms with E-state index < -0.39 is 0 Å². The summed E-state index contributed by atoms with van der Waals surface area (Å²) >= 11 is 0. The topological polar surface area (TPSA) is 66.0 Å². The Bertz CT molecular complexity index is 428. The van der Waals surface area contributed by atoms with Crippen molar-refractivity contribution in [2.75, 3.05) is 0 Å². The Morgan fingerprint density at radius 3 is 2.31 bits per heavy atom. The van der Waals surface area contributed by atoms with Crippen molar-refractivity contribution < 1.29 is 5.11 Å². The Labute approximate surface area is 95.7 Å². The Morgan fingerprint density at radius 2 is 1.94 bits per heavy atom. The summed E-state index contributed by atoms with van der Waals surface area (Å²) in [7, 11) is 0. The van der Waals surface area contributed by atoms with E-state index >= 15 is 0 Å². The van der Waals surface area contributed by atoms with Crippen LogP contribution in [0.1, 0.15) is 51.9 Å². The van der Waals surface area contributed by atoms with Gasteiger partial charge in [0.05, 0.1) is 5.56 Å². The van der Waals surface area contributed by atoms with Gasteiger partial charge in [0.2, 0.25) is 5.88 Å². The molecule has 0 aromatic carbocycles. The third-order valence-electron chi connectivity index (χ3n) is 2.26. The van der Waals surface area contributed by atoms with Gasteiger partial charge < -0.3 is 10.1 Å². The van der Waals surface area contributed by atoms with E-state index in [4.69, 9.17) is 0 Å². The van der Waals surface area contributed by atoms with Gasteiger partial charge in [-0.15, -0.1) is 0 Å². The second kappa shape index (κ2) is 4.28. The first-order chi connectivity index (χ1) is 7.20. The summed E-state index contributed by atoms with van der Waals surface area (Å²) in [6, 6.07) is 0. The van der Waals surface area contributed by atoms with Crippen molar-refractivity contribution in [2.24, 2.45) is 5.41 Å². The molecule has 2 N–H and O–H groups in total. The molecule has 0 unspecified atom stereocenters. The second-order valence-corrected chi connectivity index (χ2v) is 5.64. The Balaban J connectivity index is 3.16. The van der Waals surface area contributed by atoms with Crippen LogP contribution in [0.4, 0.5) is 0 Å². The van der Waals surface area contributed by atoms with Crippen LogP contribution in [-0.4, -0.2) is 15.1 Å². The van der Waals surface area contributed by atoms with Crippen molar-refractivity contribution in [1.29, 1.82) is 0 Å². The molecule has 0 saturated heterocycles. The van der Waals surface area contributed by atoms with Gasteiger partial charge in [0.1, 0.15) is 5.82 Å². The van der Waals surface area contributed by atoms with Crippen molar-refractivity contribution in [3.63, 3.8) is 0 Å². The van der Waals surface area contributed by atoms with E-state index in [0.29, 0.717) is 17.8 Å². The maximum atomic E-state index is 11.7. The molecule has 0 atom stereocenters. The molecular weight excluding hydrogens is 204 g/mol. The predicted octanol–water partition coefficient (Wildman–Crippen LogP) is 2.19. The number of nitrogens with one attached hydrogen (secondary N) is 1. The average Bonchev–Trinajstić information content (AvgIpc) is 1.96. The molecule has 0 aliphatic heterocycles. The molecule has 0 aliphatic rings. The van der Waals surface area contributed by atoms with E-state index in [1.54, 1.807) is 0 Å². The number of hydrogen-bond acceptors (Lipinski definition) is 3. The van der Waals surface area contributed by atoms with Crippen LogP contribution in [0.2, 0.25) is 0 Å². The monoisotopic (exact) mass is 224 g/mol. The number of aromatic amines is 1. The van der Waals surface area contributed by atoms with Crippen LogP contribution in [0, 0.1) is 5.41 Å². The summed E-state index contributed by atoms with van der Waals surface area (Å²) in [5.41, 5.74) is 0.154. The zero-order valence-electron chi connectivity index (χ0n) is 10.6. The minimum absolute atomic E-state index is 0.0278. The molecule has 4 nitrogen and oxygen atoms in total. The highest BCUT2D eigenvalue weighted by molar-refractivity contribution is 5.25. The molecule has 1 heterocycles. The molecule has 0 spiro atoms. The number of aromatic nitrogens is 2. The van der Waals surface area contributed by atoms with Crippen LogP contribution in [-0.2, 0) is 6.42 Å². The van der Waals surface area contributed by atoms with Crippen LogP contribution < -0.4 is 5.56 Å². The fourth-order valence-electron chi connectivity index (χ4n) is 1.62. The molecule has 1 aromatic rings. The standard InChI is InChI=1S/C12H20N2O2/c1-7(2)9-10(15)13-8(14-11(9)16)6-12(3,4)5/h7H,6H2,1-5H3,(H2,13,14,15,16). The van der Waals surface area contributed by atoms with E-state index in [-0.39, 0.29) is 22.8 Å². The molecule has 90 valence electrons. The SMILES string of the molecule is CC(C)c1c(O)nc(CC(C)(C)C)[nH]c1=O. The predicted molar refractivity (Wildman–Crippen MR) is 63.8 cm³/mol. The van der Waals surface area contributed by atoms with Gasteiger partial charge in [-0.1, -0.05) is 34.6 Å². The largest absolute Gasteiger partial charge is 0.493 e. The maximum Gasteiger partial charge on any atom is 0.258 e.